The van der Waals surface area contributed by atoms with E-state index in [4.69, 9.17) is 9.47 Å². The summed E-state index contributed by atoms with van der Waals surface area (Å²) >= 11 is 0. The van der Waals surface area contributed by atoms with E-state index in [1.165, 1.54) is 12.1 Å². The number of nitrogens with zero attached hydrogens (tertiary/aromatic N) is 2. The van der Waals surface area contributed by atoms with Crippen LogP contribution in [0.3, 0.4) is 0 Å². The molecule has 36 heavy (non-hydrogen) atoms. The summed E-state index contributed by atoms with van der Waals surface area (Å²) < 4.78 is 27.1. The number of benzene rings is 2. The van der Waals surface area contributed by atoms with E-state index in [9.17, 15) is 19.1 Å². The summed E-state index contributed by atoms with van der Waals surface area (Å²) in [5.74, 6) is -1.77. The highest BCUT2D eigenvalue weighted by Gasteiger charge is 2.26. The molecule has 8 heteroatoms. The molecule has 4 rings (SSSR count). The number of aliphatic carboxylic acids is 1. The fourth-order valence-electron chi connectivity index (χ4n) is 4.19. The van der Waals surface area contributed by atoms with Crippen LogP contribution >= 0.6 is 0 Å². The smallest absolute Gasteiger partial charge is 0.345 e. The van der Waals surface area contributed by atoms with Gasteiger partial charge < -0.3 is 19.1 Å². The van der Waals surface area contributed by atoms with Crippen molar-refractivity contribution >= 4 is 22.8 Å². The minimum Gasteiger partial charge on any atom is -0.497 e. The van der Waals surface area contributed by atoms with Crippen molar-refractivity contribution in [1.82, 2.24) is 9.55 Å². The molecule has 0 aliphatic rings. The Balaban J connectivity index is 1.73. The first-order valence-electron chi connectivity index (χ1n) is 11.5. The Morgan fingerprint density at radius 3 is 2.47 bits per heavy atom. The molecule has 0 saturated carbocycles. The number of carboxylic acid groups (broad SMARTS) is 1. The lowest BCUT2D eigenvalue weighted by Crippen LogP contribution is -2.32. The molecule has 0 aliphatic carbocycles. The second kappa shape index (κ2) is 10.2. The molecule has 0 aliphatic heterocycles. The molecule has 0 spiro atoms. The van der Waals surface area contributed by atoms with Crippen molar-refractivity contribution in [2.45, 2.75) is 33.4 Å². The van der Waals surface area contributed by atoms with E-state index in [0.29, 0.717) is 39.2 Å². The van der Waals surface area contributed by atoms with Crippen LogP contribution < -0.4 is 9.47 Å². The van der Waals surface area contributed by atoms with Crippen molar-refractivity contribution in [1.29, 1.82) is 0 Å². The Hall–Kier alpha value is -4.20. The second-order valence-corrected chi connectivity index (χ2v) is 8.86. The highest BCUT2D eigenvalue weighted by Crippen LogP contribution is 2.29. The Morgan fingerprint density at radius 2 is 1.83 bits per heavy atom. The van der Waals surface area contributed by atoms with Crippen LogP contribution in [-0.4, -0.2) is 39.6 Å². The van der Waals surface area contributed by atoms with E-state index in [2.05, 4.69) is 4.98 Å². The van der Waals surface area contributed by atoms with E-state index < -0.39 is 17.9 Å². The summed E-state index contributed by atoms with van der Waals surface area (Å²) in [7, 11) is 1.57. The standard InChI is InChI=1S/C28H27FN2O5/c1-16(2)26(28(33)34)36-23-14-18(7-12-22(23)29)15-31-17(3)24(21-6-5-13-30-27(21)31)25(32)19-8-10-20(35-4)11-9-19/h5-14,16,26H,15H2,1-4H3,(H,33,34). The second-order valence-electron chi connectivity index (χ2n) is 8.86. The zero-order valence-electron chi connectivity index (χ0n) is 20.5. The molecular formula is C28H27FN2O5. The Labute approximate surface area is 208 Å². The molecule has 186 valence electrons. The lowest BCUT2D eigenvalue weighted by Gasteiger charge is -2.19. The number of aromatic nitrogens is 2. The number of pyridine rings is 1. The number of methoxy groups -OCH3 is 1. The zero-order chi connectivity index (χ0) is 26.0. The first kappa shape index (κ1) is 24.9. The number of fused-ring (bicyclic) bond motifs is 1. The predicted octanol–water partition coefficient (Wildman–Crippen LogP) is 5.26. The van der Waals surface area contributed by atoms with Gasteiger partial charge in [-0.15, -0.1) is 0 Å². The van der Waals surface area contributed by atoms with Gasteiger partial charge in [-0.2, -0.15) is 0 Å². The van der Waals surface area contributed by atoms with E-state index in [1.54, 1.807) is 63.6 Å². The van der Waals surface area contributed by atoms with Crippen LogP contribution in [0.25, 0.3) is 11.0 Å². The highest BCUT2D eigenvalue weighted by molar-refractivity contribution is 6.17. The summed E-state index contributed by atoms with van der Waals surface area (Å²) in [4.78, 5) is 29.5. The normalized spacial score (nSPS) is 12.1. The topological polar surface area (TPSA) is 90.7 Å². The van der Waals surface area contributed by atoms with Gasteiger partial charge in [0.15, 0.2) is 23.5 Å². The monoisotopic (exact) mass is 490 g/mol. The third-order valence-corrected chi connectivity index (χ3v) is 6.10. The minimum absolute atomic E-state index is 0.134. The average molecular weight is 491 g/mol. The average Bonchev–Trinajstić information content (AvgIpc) is 3.14. The fraction of sp³-hybridized carbons (Fsp3) is 0.250. The van der Waals surface area contributed by atoms with Gasteiger partial charge in [0, 0.05) is 35.3 Å². The highest BCUT2D eigenvalue weighted by atomic mass is 19.1. The summed E-state index contributed by atoms with van der Waals surface area (Å²) in [6.45, 7) is 5.52. The molecule has 1 atom stereocenters. The number of carbonyl (C=O) groups excluding carboxylic acids is 1. The van der Waals surface area contributed by atoms with Crippen LogP contribution in [-0.2, 0) is 11.3 Å². The molecule has 0 bridgehead atoms. The van der Waals surface area contributed by atoms with Gasteiger partial charge in [0.1, 0.15) is 11.4 Å². The molecule has 0 radical (unpaired) electrons. The Bertz CT molecular complexity index is 1430. The maximum atomic E-state index is 14.5. The van der Waals surface area contributed by atoms with Crippen LogP contribution in [0.4, 0.5) is 4.39 Å². The number of halogens is 1. The molecule has 2 aromatic heterocycles. The summed E-state index contributed by atoms with van der Waals surface area (Å²) in [6.07, 6.45) is 0.471. The SMILES string of the molecule is COc1ccc(C(=O)c2c(C)n(Cc3ccc(F)c(OC(C(=O)O)C(C)C)c3)c3ncccc23)cc1. The number of ether oxygens (including phenoxy) is 2. The number of hydrogen-bond donors (Lipinski definition) is 1. The van der Waals surface area contributed by atoms with Crippen molar-refractivity contribution in [3.05, 3.63) is 89.0 Å². The maximum absolute atomic E-state index is 14.5. The van der Waals surface area contributed by atoms with Crippen LogP contribution in [0.1, 0.15) is 41.0 Å². The van der Waals surface area contributed by atoms with Gasteiger partial charge in [0.25, 0.3) is 0 Å². The Morgan fingerprint density at radius 1 is 1.11 bits per heavy atom. The molecule has 4 aromatic rings. The number of carbonyl (C=O) groups is 2. The van der Waals surface area contributed by atoms with Gasteiger partial charge in [-0.3, -0.25) is 4.79 Å². The molecule has 2 heterocycles. The first-order chi connectivity index (χ1) is 17.2. The van der Waals surface area contributed by atoms with Crippen molar-refractivity contribution in [3.63, 3.8) is 0 Å². The molecule has 0 fully saturated rings. The van der Waals surface area contributed by atoms with E-state index in [0.717, 1.165) is 0 Å². The van der Waals surface area contributed by atoms with E-state index in [1.807, 2.05) is 17.6 Å². The van der Waals surface area contributed by atoms with Gasteiger partial charge in [-0.1, -0.05) is 19.9 Å². The molecule has 0 saturated heterocycles. The zero-order valence-corrected chi connectivity index (χ0v) is 20.5. The van der Waals surface area contributed by atoms with Gasteiger partial charge in [0.05, 0.1) is 12.7 Å². The third kappa shape index (κ3) is 4.79. The van der Waals surface area contributed by atoms with E-state index >= 15 is 0 Å². The first-order valence-corrected chi connectivity index (χ1v) is 11.5. The molecular weight excluding hydrogens is 463 g/mol. The third-order valence-electron chi connectivity index (χ3n) is 6.10. The largest absolute Gasteiger partial charge is 0.497 e. The summed E-state index contributed by atoms with van der Waals surface area (Å²) in [6, 6.07) is 14.9. The number of hydrogen-bond acceptors (Lipinski definition) is 5. The predicted molar refractivity (Wildman–Crippen MR) is 133 cm³/mol. The molecule has 0 amide bonds. The number of ketones is 1. The van der Waals surface area contributed by atoms with Crippen LogP contribution in [0, 0.1) is 18.7 Å². The van der Waals surface area contributed by atoms with Crippen molar-refractivity contribution < 1.29 is 28.6 Å². The van der Waals surface area contributed by atoms with Crippen molar-refractivity contribution in [2.24, 2.45) is 5.92 Å². The van der Waals surface area contributed by atoms with Crippen molar-refractivity contribution in [3.8, 4) is 11.5 Å². The molecule has 1 N–H and O–H groups in total. The fourth-order valence-corrected chi connectivity index (χ4v) is 4.19. The van der Waals surface area contributed by atoms with Crippen LogP contribution in [0.15, 0.2) is 60.8 Å². The molecule has 7 nitrogen and oxygen atoms in total. The van der Waals surface area contributed by atoms with Gasteiger partial charge in [-0.25, -0.2) is 14.2 Å². The molecule has 2 aromatic carbocycles. The van der Waals surface area contributed by atoms with Gasteiger partial charge >= 0.3 is 5.97 Å². The summed E-state index contributed by atoms with van der Waals surface area (Å²) in [5.41, 5.74) is 3.06. The molecule has 1 unspecified atom stereocenters. The Kier molecular flexibility index (Phi) is 7.05. The minimum atomic E-state index is -1.18. The van der Waals surface area contributed by atoms with Gasteiger partial charge in [0.2, 0.25) is 0 Å². The van der Waals surface area contributed by atoms with E-state index in [-0.39, 0.29) is 24.0 Å². The lowest BCUT2D eigenvalue weighted by molar-refractivity contribution is -0.147. The quantitative estimate of drug-likeness (QED) is 0.322. The van der Waals surface area contributed by atoms with Crippen LogP contribution in [0.5, 0.6) is 11.5 Å². The van der Waals surface area contributed by atoms with Crippen molar-refractivity contribution in [2.75, 3.05) is 7.11 Å². The summed E-state index contributed by atoms with van der Waals surface area (Å²) in [5, 5.41) is 10.1. The van der Waals surface area contributed by atoms with Crippen LogP contribution in [0.2, 0.25) is 0 Å². The number of carboxylic acids is 1. The number of rotatable bonds is 9. The van der Waals surface area contributed by atoms with Gasteiger partial charge in [-0.05, 0) is 61.0 Å². The maximum Gasteiger partial charge on any atom is 0.345 e. The lowest BCUT2D eigenvalue weighted by atomic mass is 10.0.